The highest BCUT2D eigenvalue weighted by Gasteiger charge is 2.28. The molecule has 0 radical (unpaired) electrons. The van der Waals surface area contributed by atoms with Crippen molar-refractivity contribution in [2.24, 2.45) is 0 Å². The first-order valence-corrected chi connectivity index (χ1v) is 8.32. The van der Waals surface area contributed by atoms with E-state index >= 15 is 0 Å². The molecule has 2 fully saturated rings. The average Bonchev–Trinajstić information content (AvgIpc) is 3.02. The summed E-state index contributed by atoms with van der Waals surface area (Å²) >= 11 is 0. The first kappa shape index (κ1) is 20.1. The lowest BCUT2D eigenvalue weighted by molar-refractivity contribution is -0.911. The van der Waals surface area contributed by atoms with Crippen LogP contribution in [0.3, 0.4) is 0 Å². The fourth-order valence-corrected chi connectivity index (χ4v) is 4.15. The Kier molecular flexibility index (Phi) is 7.58. The summed E-state index contributed by atoms with van der Waals surface area (Å²) in [4.78, 5) is 0. The first-order chi connectivity index (χ1) is 9.57. The van der Waals surface area contributed by atoms with Crippen LogP contribution < -0.4 is 34.0 Å². The third-order valence-corrected chi connectivity index (χ3v) is 5.44. The molecule has 2 saturated heterocycles. The molecule has 0 amide bonds. The first-order valence-electron chi connectivity index (χ1n) is 8.32. The van der Waals surface area contributed by atoms with Crippen molar-refractivity contribution in [2.75, 3.05) is 40.3 Å². The van der Waals surface area contributed by atoms with Crippen molar-refractivity contribution in [3.8, 4) is 0 Å². The van der Waals surface area contributed by atoms with Crippen molar-refractivity contribution in [1.82, 2.24) is 0 Å². The van der Waals surface area contributed by atoms with Crippen LogP contribution in [-0.4, -0.2) is 49.2 Å². The average molecular weight is 434 g/mol. The van der Waals surface area contributed by atoms with E-state index in [1.165, 1.54) is 85.0 Å². The van der Waals surface area contributed by atoms with E-state index in [9.17, 15) is 0 Å². The predicted molar refractivity (Wildman–Crippen MR) is 84.2 cm³/mol. The fourth-order valence-electron chi connectivity index (χ4n) is 4.15. The van der Waals surface area contributed by atoms with Crippen molar-refractivity contribution in [1.29, 1.82) is 0 Å². The highest BCUT2D eigenvalue weighted by molar-refractivity contribution is 5.21. The lowest BCUT2D eigenvalue weighted by Crippen LogP contribution is -3.00. The van der Waals surface area contributed by atoms with Crippen LogP contribution in [0, 0.1) is 0 Å². The summed E-state index contributed by atoms with van der Waals surface area (Å²) < 4.78 is 2.49. The van der Waals surface area contributed by atoms with E-state index in [0.29, 0.717) is 0 Å². The molecular formula is C18H30Br2N2. The van der Waals surface area contributed by atoms with Gasteiger partial charge in [-0.05, 0) is 0 Å². The molecule has 2 aliphatic rings. The van der Waals surface area contributed by atoms with Gasteiger partial charge in [0.2, 0.25) is 0 Å². The molecule has 22 heavy (non-hydrogen) atoms. The predicted octanol–water partition coefficient (Wildman–Crippen LogP) is -2.82. The molecule has 0 saturated carbocycles. The van der Waals surface area contributed by atoms with Crippen LogP contribution >= 0.6 is 0 Å². The zero-order valence-electron chi connectivity index (χ0n) is 14.0. The summed E-state index contributed by atoms with van der Waals surface area (Å²) in [6, 6.07) is 9.50. The standard InChI is InChI=1S/C18H30N2.2BrH/c1-19(11-3-4-12-19)15-17-7-9-18(10-8-17)16-20(2)13-5-6-14-20;;/h7-10H,3-6,11-16H2,1-2H3;2*1H/q+2;;/p-2. The van der Waals surface area contributed by atoms with Crippen molar-refractivity contribution in [3.63, 3.8) is 0 Å². The highest BCUT2D eigenvalue weighted by atomic mass is 79.9. The Morgan fingerprint density at radius 1 is 0.636 bits per heavy atom. The zero-order chi connectivity index (χ0) is 14.1. The molecule has 0 unspecified atom stereocenters. The number of quaternary nitrogens is 2. The molecule has 2 heterocycles. The van der Waals surface area contributed by atoms with Gasteiger partial charge in [0.05, 0.1) is 40.3 Å². The number of benzene rings is 1. The minimum absolute atomic E-state index is 0. The largest absolute Gasteiger partial charge is 1.00 e. The summed E-state index contributed by atoms with van der Waals surface area (Å²) in [6.45, 7) is 7.86. The van der Waals surface area contributed by atoms with Crippen LogP contribution in [-0.2, 0) is 13.1 Å². The molecule has 0 atom stereocenters. The Morgan fingerprint density at radius 2 is 0.909 bits per heavy atom. The molecule has 0 bridgehead atoms. The Balaban J connectivity index is 0.00000121. The second kappa shape index (κ2) is 8.27. The van der Waals surface area contributed by atoms with E-state index in [1.807, 2.05) is 0 Å². The van der Waals surface area contributed by atoms with E-state index in [1.54, 1.807) is 0 Å². The number of nitrogens with zero attached hydrogens (tertiary/aromatic N) is 2. The van der Waals surface area contributed by atoms with E-state index in [2.05, 4.69) is 38.4 Å². The molecule has 4 heteroatoms. The van der Waals surface area contributed by atoms with Gasteiger partial charge in [-0.1, -0.05) is 24.3 Å². The Hall–Kier alpha value is 0.1000. The van der Waals surface area contributed by atoms with Crippen molar-refractivity contribution in [3.05, 3.63) is 35.4 Å². The van der Waals surface area contributed by atoms with Crippen LogP contribution in [0.1, 0.15) is 36.8 Å². The molecule has 0 aromatic heterocycles. The number of rotatable bonds is 4. The second-order valence-corrected chi connectivity index (χ2v) is 7.68. The Morgan fingerprint density at radius 3 is 1.18 bits per heavy atom. The number of likely N-dealkylation sites (tertiary alicyclic amines) is 2. The molecule has 2 nitrogen and oxygen atoms in total. The maximum Gasteiger partial charge on any atom is 0.104 e. The van der Waals surface area contributed by atoms with E-state index < -0.39 is 0 Å². The van der Waals surface area contributed by atoms with E-state index in [0.717, 1.165) is 0 Å². The second-order valence-electron chi connectivity index (χ2n) is 7.68. The zero-order valence-corrected chi connectivity index (χ0v) is 17.2. The van der Waals surface area contributed by atoms with Crippen LogP contribution in [0.4, 0.5) is 0 Å². The maximum atomic E-state index is 2.41. The number of hydrogen-bond donors (Lipinski definition) is 0. The molecule has 0 spiro atoms. The van der Waals surface area contributed by atoms with Gasteiger partial charge in [0.15, 0.2) is 0 Å². The van der Waals surface area contributed by atoms with Crippen molar-refractivity contribution < 1.29 is 42.9 Å². The highest BCUT2D eigenvalue weighted by Crippen LogP contribution is 2.23. The van der Waals surface area contributed by atoms with Crippen LogP contribution in [0.2, 0.25) is 0 Å². The smallest absolute Gasteiger partial charge is 0.104 e. The van der Waals surface area contributed by atoms with E-state index in [-0.39, 0.29) is 34.0 Å². The third-order valence-electron chi connectivity index (χ3n) is 5.44. The quantitative estimate of drug-likeness (QED) is 0.449. The van der Waals surface area contributed by atoms with Gasteiger partial charge in [-0.25, -0.2) is 0 Å². The summed E-state index contributed by atoms with van der Waals surface area (Å²) in [5, 5.41) is 0. The van der Waals surface area contributed by atoms with Gasteiger partial charge >= 0.3 is 0 Å². The van der Waals surface area contributed by atoms with Gasteiger partial charge in [-0.2, -0.15) is 0 Å². The Bertz CT molecular complexity index is 404. The third kappa shape index (κ3) is 5.05. The van der Waals surface area contributed by atoms with Gasteiger partial charge in [-0.15, -0.1) is 0 Å². The Labute approximate surface area is 157 Å². The van der Waals surface area contributed by atoms with Gasteiger partial charge in [-0.3, -0.25) is 0 Å². The number of halogens is 2. The molecule has 126 valence electrons. The normalized spacial score (nSPS) is 21.9. The summed E-state index contributed by atoms with van der Waals surface area (Å²) in [5.74, 6) is 0. The van der Waals surface area contributed by atoms with Crippen LogP contribution in [0.5, 0.6) is 0 Å². The van der Waals surface area contributed by atoms with Crippen molar-refractivity contribution in [2.45, 2.75) is 38.8 Å². The summed E-state index contributed by atoms with van der Waals surface area (Å²) in [6.07, 6.45) is 5.63. The molecule has 0 N–H and O–H groups in total. The lowest BCUT2D eigenvalue weighted by Gasteiger charge is -2.30. The topological polar surface area (TPSA) is 0 Å². The maximum absolute atomic E-state index is 2.41. The number of hydrogen-bond acceptors (Lipinski definition) is 0. The fraction of sp³-hybridized carbons (Fsp3) is 0.667. The SMILES string of the molecule is C[N+]1(Cc2ccc(C[N+]3(C)CCCC3)cc2)CCCC1.[Br-].[Br-]. The summed E-state index contributed by atoms with van der Waals surface area (Å²) in [7, 11) is 4.83. The molecule has 1 aromatic rings. The minimum atomic E-state index is 0. The molecule has 2 aliphatic heterocycles. The van der Waals surface area contributed by atoms with Crippen LogP contribution in [0.25, 0.3) is 0 Å². The summed E-state index contributed by atoms with van der Waals surface area (Å²) in [5.41, 5.74) is 3.03. The van der Waals surface area contributed by atoms with Gasteiger partial charge in [0, 0.05) is 36.8 Å². The van der Waals surface area contributed by atoms with Gasteiger partial charge in [0.1, 0.15) is 13.1 Å². The van der Waals surface area contributed by atoms with Crippen molar-refractivity contribution >= 4 is 0 Å². The van der Waals surface area contributed by atoms with Gasteiger partial charge in [0.25, 0.3) is 0 Å². The molecule has 1 aromatic carbocycles. The molecule has 3 rings (SSSR count). The molecular weight excluding hydrogens is 404 g/mol. The molecule has 0 aliphatic carbocycles. The van der Waals surface area contributed by atoms with Crippen LogP contribution in [0.15, 0.2) is 24.3 Å². The van der Waals surface area contributed by atoms with E-state index in [4.69, 9.17) is 0 Å². The minimum Gasteiger partial charge on any atom is -1.00 e. The lowest BCUT2D eigenvalue weighted by atomic mass is 10.1. The van der Waals surface area contributed by atoms with Gasteiger partial charge < -0.3 is 42.9 Å². The monoisotopic (exact) mass is 432 g/mol.